The molecule has 5 nitrogen and oxygen atoms in total. The Balaban J connectivity index is 1.25. The number of carbonyl (C=O) groups is 2. The van der Waals surface area contributed by atoms with Gasteiger partial charge in [-0.1, -0.05) is 49.6 Å². The minimum atomic E-state index is 0.00398. The molecule has 1 saturated carbocycles. The van der Waals surface area contributed by atoms with Gasteiger partial charge in [-0.05, 0) is 49.3 Å². The van der Waals surface area contributed by atoms with Crippen LogP contribution in [0.25, 0.3) is 11.1 Å². The van der Waals surface area contributed by atoms with Gasteiger partial charge in [0.2, 0.25) is 5.91 Å². The summed E-state index contributed by atoms with van der Waals surface area (Å²) in [4.78, 5) is 32.6. The van der Waals surface area contributed by atoms with Gasteiger partial charge < -0.3 is 9.47 Å². The summed E-state index contributed by atoms with van der Waals surface area (Å²) in [5, 5.41) is 0. The third-order valence-corrected chi connectivity index (χ3v) is 7.82. The van der Waals surface area contributed by atoms with Crippen LogP contribution < -0.4 is 0 Å². The maximum Gasteiger partial charge on any atom is 0.225 e. The molecule has 3 heterocycles. The smallest absolute Gasteiger partial charge is 0.225 e. The number of amides is 1. The third kappa shape index (κ3) is 3.94. The molecule has 32 heavy (non-hydrogen) atoms. The van der Waals surface area contributed by atoms with Crippen molar-refractivity contribution in [3.63, 3.8) is 0 Å². The number of Topliss-reactive ketones (excluding diaryl/α,β-unsaturated/α-hetero) is 1. The summed E-state index contributed by atoms with van der Waals surface area (Å²) in [6.07, 6.45) is 11.6. The molecule has 3 aliphatic rings. The fourth-order valence-corrected chi connectivity index (χ4v) is 5.98. The number of nitrogens with zero attached hydrogens (tertiary/aromatic N) is 3. The number of aromatic nitrogens is 2. The number of imidazole rings is 1. The van der Waals surface area contributed by atoms with Gasteiger partial charge in [0.25, 0.3) is 0 Å². The van der Waals surface area contributed by atoms with Crippen LogP contribution in [0.3, 0.4) is 0 Å². The predicted molar refractivity (Wildman–Crippen MR) is 126 cm³/mol. The van der Waals surface area contributed by atoms with Crippen molar-refractivity contribution < 1.29 is 9.59 Å². The van der Waals surface area contributed by atoms with Crippen LogP contribution in [0.15, 0.2) is 42.9 Å². The second-order valence-corrected chi connectivity index (χ2v) is 9.71. The highest BCUT2D eigenvalue weighted by Crippen LogP contribution is 2.44. The summed E-state index contributed by atoms with van der Waals surface area (Å²) in [5.41, 5.74) is 4.73. The quantitative estimate of drug-likeness (QED) is 0.658. The SMILES string of the molecule is CC1=C(c2ccccc2)C(CC(=O)C2CCN(C(=O)C3CCCCC3)CC2)n2cncc21. The minimum Gasteiger partial charge on any atom is -0.342 e. The second kappa shape index (κ2) is 9.05. The number of hydrogen-bond acceptors (Lipinski definition) is 3. The Bertz CT molecular complexity index is 1010. The number of likely N-dealkylation sites (tertiary alicyclic amines) is 1. The van der Waals surface area contributed by atoms with Crippen LogP contribution in [-0.4, -0.2) is 39.2 Å². The largest absolute Gasteiger partial charge is 0.342 e. The molecule has 0 spiro atoms. The van der Waals surface area contributed by atoms with Crippen LogP contribution in [0, 0.1) is 11.8 Å². The van der Waals surface area contributed by atoms with Gasteiger partial charge in [-0.15, -0.1) is 0 Å². The van der Waals surface area contributed by atoms with E-state index < -0.39 is 0 Å². The highest BCUT2D eigenvalue weighted by atomic mass is 16.2. The topological polar surface area (TPSA) is 55.2 Å². The van der Waals surface area contributed by atoms with E-state index in [0.717, 1.165) is 44.5 Å². The first-order valence-electron chi connectivity index (χ1n) is 12.2. The number of hydrogen-bond donors (Lipinski definition) is 0. The number of rotatable bonds is 5. The zero-order chi connectivity index (χ0) is 22.1. The zero-order valence-electron chi connectivity index (χ0n) is 19.0. The summed E-state index contributed by atoms with van der Waals surface area (Å²) in [6.45, 7) is 3.59. The van der Waals surface area contributed by atoms with Crippen molar-refractivity contribution in [3.05, 3.63) is 54.1 Å². The molecular weight excluding hydrogens is 398 g/mol. The Morgan fingerprint density at radius 2 is 1.69 bits per heavy atom. The maximum atomic E-state index is 13.4. The molecule has 5 heteroatoms. The summed E-state index contributed by atoms with van der Waals surface area (Å²) in [5.74, 6) is 0.924. The Morgan fingerprint density at radius 1 is 0.969 bits per heavy atom. The fourth-order valence-electron chi connectivity index (χ4n) is 5.98. The van der Waals surface area contributed by atoms with Crippen LogP contribution in [-0.2, 0) is 9.59 Å². The van der Waals surface area contributed by atoms with E-state index in [-0.39, 0.29) is 17.9 Å². The maximum absolute atomic E-state index is 13.4. The molecule has 2 fully saturated rings. The Kier molecular flexibility index (Phi) is 5.99. The normalized spacial score (nSPS) is 22.3. The summed E-state index contributed by atoms with van der Waals surface area (Å²) in [6, 6.07) is 10.4. The first kappa shape index (κ1) is 21.2. The molecule has 168 valence electrons. The van der Waals surface area contributed by atoms with Crippen molar-refractivity contribution in [2.75, 3.05) is 13.1 Å². The van der Waals surface area contributed by atoms with Crippen molar-refractivity contribution in [2.24, 2.45) is 11.8 Å². The summed E-state index contributed by atoms with van der Waals surface area (Å²) >= 11 is 0. The van der Waals surface area contributed by atoms with E-state index in [1.54, 1.807) is 0 Å². The lowest BCUT2D eigenvalue weighted by molar-refractivity contribution is -0.139. The number of benzene rings is 1. The van der Waals surface area contributed by atoms with Crippen molar-refractivity contribution in [1.29, 1.82) is 0 Å². The molecule has 0 bridgehead atoms. The average molecular weight is 432 g/mol. The van der Waals surface area contributed by atoms with Crippen LogP contribution in [0.2, 0.25) is 0 Å². The number of allylic oxidation sites excluding steroid dienone is 2. The van der Waals surface area contributed by atoms with E-state index in [1.807, 2.05) is 23.5 Å². The molecule has 1 aromatic carbocycles. The lowest BCUT2D eigenvalue weighted by atomic mass is 9.84. The van der Waals surface area contributed by atoms with E-state index in [9.17, 15) is 9.59 Å². The predicted octanol–water partition coefficient (Wildman–Crippen LogP) is 5.15. The summed E-state index contributed by atoms with van der Waals surface area (Å²) < 4.78 is 2.16. The van der Waals surface area contributed by atoms with E-state index in [0.29, 0.717) is 18.1 Å². The molecule has 2 aliphatic heterocycles. The molecule has 1 saturated heterocycles. The summed E-state index contributed by atoms with van der Waals surface area (Å²) in [7, 11) is 0. The average Bonchev–Trinajstić information content (AvgIpc) is 3.43. The zero-order valence-corrected chi connectivity index (χ0v) is 19.0. The highest BCUT2D eigenvalue weighted by molar-refractivity contribution is 5.96. The monoisotopic (exact) mass is 431 g/mol. The van der Waals surface area contributed by atoms with Gasteiger partial charge in [-0.2, -0.15) is 0 Å². The van der Waals surface area contributed by atoms with Gasteiger partial charge in [0.05, 0.1) is 24.3 Å². The highest BCUT2D eigenvalue weighted by Gasteiger charge is 2.35. The lowest BCUT2D eigenvalue weighted by Crippen LogP contribution is -2.43. The molecule has 5 rings (SSSR count). The molecule has 0 N–H and O–H groups in total. The lowest BCUT2D eigenvalue weighted by Gasteiger charge is -2.35. The van der Waals surface area contributed by atoms with Gasteiger partial charge in [-0.25, -0.2) is 4.98 Å². The first-order chi connectivity index (χ1) is 15.6. The van der Waals surface area contributed by atoms with Gasteiger partial charge in [0.1, 0.15) is 5.78 Å². The van der Waals surface area contributed by atoms with Crippen LogP contribution in [0.4, 0.5) is 0 Å². The molecule has 1 unspecified atom stereocenters. The van der Waals surface area contributed by atoms with E-state index >= 15 is 0 Å². The number of piperidine rings is 1. The van der Waals surface area contributed by atoms with Crippen LogP contribution in [0.1, 0.15) is 75.6 Å². The van der Waals surface area contributed by atoms with Gasteiger partial charge in [-0.3, -0.25) is 9.59 Å². The van der Waals surface area contributed by atoms with Crippen LogP contribution in [0.5, 0.6) is 0 Å². The molecule has 1 atom stereocenters. The third-order valence-electron chi connectivity index (χ3n) is 7.82. The Labute approximate surface area is 190 Å². The molecule has 1 aromatic heterocycles. The number of carbonyl (C=O) groups excluding carboxylic acids is 2. The van der Waals surface area contributed by atoms with Crippen molar-refractivity contribution in [2.45, 2.75) is 64.3 Å². The first-order valence-corrected chi connectivity index (χ1v) is 12.2. The fraction of sp³-hybridized carbons (Fsp3) is 0.519. The van der Waals surface area contributed by atoms with Crippen molar-refractivity contribution >= 4 is 22.8 Å². The standard InChI is InChI=1S/C27H33N3O2/c1-19-24-17-28-18-30(24)23(26(19)21-8-4-2-5-9-21)16-25(31)20-12-14-29(15-13-20)27(32)22-10-6-3-7-11-22/h2,4-5,8-9,17-18,20,22-23H,3,6-7,10-16H2,1H3. The number of fused-ring (bicyclic) bond motifs is 1. The van der Waals surface area contributed by atoms with Crippen molar-refractivity contribution in [1.82, 2.24) is 14.5 Å². The van der Waals surface area contributed by atoms with Gasteiger partial charge >= 0.3 is 0 Å². The molecule has 1 aliphatic carbocycles. The van der Waals surface area contributed by atoms with Crippen LogP contribution >= 0.6 is 0 Å². The Hall–Kier alpha value is -2.69. The molecule has 2 aromatic rings. The Morgan fingerprint density at radius 3 is 2.41 bits per heavy atom. The van der Waals surface area contributed by atoms with E-state index in [2.05, 4.69) is 40.7 Å². The van der Waals surface area contributed by atoms with E-state index in [4.69, 9.17) is 0 Å². The minimum absolute atomic E-state index is 0.00398. The number of ketones is 1. The molecule has 0 radical (unpaired) electrons. The second-order valence-electron chi connectivity index (χ2n) is 9.71. The molecule has 1 amide bonds. The van der Waals surface area contributed by atoms with E-state index in [1.165, 1.54) is 36.0 Å². The molecular formula is C27H33N3O2. The van der Waals surface area contributed by atoms with Gasteiger partial charge in [0.15, 0.2) is 0 Å². The van der Waals surface area contributed by atoms with Gasteiger partial charge in [0, 0.05) is 31.3 Å². The van der Waals surface area contributed by atoms with Crippen molar-refractivity contribution in [3.8, 4) is 0 Å².